The molecule has 2 aliphatic rings. The molecule has 2 rings (SSSR count). The molecule has 0 aromatic heterocycles. The maximum Gasteiger partial charge on any atom is 0.407 e. The van der Waals surface area contributed by atoms with Crippen molar-refractivity contribution in [3.05, 3.63) is 0 Å². The molecule has 0 radical (unpaired) electrons. The van der Waals surface area contributed by atoms with Crippen LogP contribution >= 0.6 is 0 Å². The normalized spacial score (nSPS) is 24.1. The number of alkyl carbamates (subject to hydrolysis) is 1. The number of hydrogen-bond acceptors (Lipinski definition) is 3. The minimum Gasteiger partial charge on any atom is -0.444 e. The van der Waals surface area contributed by atoms with Crippen LogP contribution in [-0.2, 0) is 4.74 Å². The molecule has 3 N–H and O–H groups in total. The van der Waals surface area contributed by atoms with Crippen LogP contribution in [-0.4, -0.2) is 42.8 Å². The summed E-state index contributed by atoms with van der Waals surface area (Å²) in [5, 5.41) is 9.92. The zero-order chi connectivity index (χ0) is 19.0. The van der Waals surface area contributed by atoms with Gasteiger partial charge in [-0.15, -0.1) is 0 Å². The standard InChI is InChI=1S/C20H38N4O2/c1-5-21-18(22-14-6-7-15-8-9-15)23-16-10-12-17(13-11-16)24-19(25)26-20(2,3)4/h15-17H,5-14H2,1-4H3,(H,24,25)(H2,21,22,23). The highest BCUT2D eigenvalue weighted by molar-refractivity contribution is 5.80. The van der Waals surface area contributed by atoms with Crippen molar-refractivity contribution >= 4 is 12.1 Å². The molecule has 0 heterocycles. The highest BCUT2D eigenvalue weighted by Crippen LogP contribution is 2.33. The summed E-state index contributed by atoms with van der Waals surface area (Å²) in [5.41, 5.74) is -0.445. The van der Waals surface area contributed by atoms with Gasteiger partial charge in [0.15, 0.2) is 5.96 Å². The second-order valence-electron chi connectivity index (χ2n) is 8.69. The van der Waals surface area contributed by atoms with Crippen molar-refractivity contribution in [2.24, 2.45) is 10.9 Å². The maximum atomic E-state index is 11.9. The quantitative estimate of drug-likeness (QED) is 0.366. The predicted octanol–water partition coefficient (Wildman–Crippen LogP) is 3.57. The fraction of sp³-hybridized carbons (Fsp3) is 0.900. The van der Waals surface area contributed by atoms with Crippen LogP contribution in [0.15, 0.2) is 4.99 Å². The van der Waals surface area contributed by atoms with E-state index in [0.717, 1.165) is 50.7 Å². The number of ether oxygens (including phenoxy) is 1. The van der Waals surface area contributed by atoms with Gasteiger partial charge in [0.2, 0.25) is 0 Å². The molecular weight excluding hydrogens is 328 g/mol. The lowest BCUT2D eigenvalue weighted by Crippen LogP contribution is -2.48. The molecule has 2 saturated carbocycles. The fourth-order valence-electron chi connectivity index (χ4n) is 3.35. The van der Waals surface area contributed by atoms with Crippen molar-refractivity contribution in [1.29, 1.82) is 0 Å². The van der Waals surface area contributed by atoms with Gasteiger partial charge in [-0.3, -0.25) is 4.99 Å². The third-order valence-electron chi connectivity index (χ3n) is 4.87. The Morgan fingerprint density at radius 1 is 1.04 bits per heavy atom. The summed E-state index contributed by atoms with van der Waals surface area (Å²) < 4.78 is 5.35. The first-order valence-corrected chi connectivity index (χ1v) is 10.4. The van der Waals surface area contributed by atoms with Crippen molar-refractivity contribution < 1.29 is 9.53 Å². The smallest absolute Gasteiger partial charge is 0.407 e. The fourth-order valence-corrected chi connectivity index (χ4v) is 3.35. The first-order valence-electron chi connectivity index (χ1n) is 10.4. The third-order valence-corrected chi connectivity index (χ3v) is 4.87. The van der Waals surface area contributed by atoms with Gasteiger partial charge >= 0.3 is 6.09 Å². The van der Waals surface area contributed by atoms with Gasteiger partial charge in [-0.2, -0.15) is 0 Å². The van der Waals surface area contributed by atoms with Gasteiger partial charge in [0.1, 0.15) is 5.60 Å². The molecule has 0 unspecified atom stereocenters. The van der Waals surface area contributed by atoms with E-state index < -0.39 is 5.60 Å². The number of nitrogens with one attached hydrogen (secondary N) is 3. The summed E-state index contributed by atoms with van der Waals surface area (Å²) in [5.74, 6) is 1.92. The zero-order valence-electron chi connectivity index (χ0n) is 17.1. The lowest BCUT2D eigenvalue weighted by molar-refractivity contribution is 0.0490. The van der Waals surface area contributed by atoms with Crippen molar-refractivity contribution in [3.63, 3.8) is 0 Å². The highest BCUT2D eigenvalue weighted by Gasteiger charge is 2.25. The second kappa shape index (κ2) is 10.0. The number of hydrogen-bond donors (Lipinski definition) is 3. The Morgan fingerprint density at radius 2 is 1.65 bits per heavy atom. The molecule has 6 nitrogen and oxygen atoms in total. The van der Waals surface area contributed by atoms with Gasteiger partial charge in [-0.25, -0.2) is 4.79 Å². The molecule has 0 bridgehead atoms. The van der Waals surface area contributed by atoms with Crippen molar-refractivity contribution in [2.45, 2.75) is 96.7 Å². The van der Waals surface area contributed by atoms with Gasteiger partial charge in [0.05, 0.1) is 0 Å². The average molecular weight is 367 g/mol. The highest BCUT2D eigenvalue weighted by atomic mass is 16.6. The summed E-state index contributed by atoms with van der Waals surface area (Å²) in [7, 11) is 0. The number of aliphatic imine (C=N–C) groups is 1. The Balaban J connectivity index is 1.67. The topological polar surface area (TPSA) is 74.8 Å². The van der Waals surface area contributed by atoms with E-state index in [9.17, 15) is 4.79 Å². The Bertz CT molecular complexity index is 461. The first kappa shape index (κ1) is 20.8. The van der Waals surface area contributed by atoms with Crippen LogP contribution in [0.2, 0.25) is 0 Å². The van der Waals surface area contributed by atoms with E-state index in [1.54, 1.807) is 0 Å². The molecule has 0 atom stereocenters. The molecule has 0 spiro atoms. The van der Waals surface area contributed by atoms with Gasteiger partial charge in [0.25, 0.3) is 0 Å². The number of carbonyl (C=O) groups is 1. The molecule has 26 heavy (non-hydrogen) atoms. The number of carbonyl (C=O) groups excluding carboxylic acids is 1. The predicted molar refractivity (Wildman–Crippen MR) is 106 cm³/mol. The Kier molecular flexibility index (Phi) is 8.04. The van der Waals surface area contributed by atoms with E-state index >= 15 is 0 Å². The van der Waals surface area contributed by atoms with Crippen LogP contribution in [0.3, 0.4) is 0 Å². The monoisotopic (exact) mass is 366 g/mol. The molecule has 0 aromatic rings. The third kappa shape index (κ3) is 8.77. The van der Waals surface area contributed by atoms with Crippen molar-refractivity contribution in [2.75, 3.05) is 13.1 Å². The lowest BCUT2D eigenvalue weighted by Gasteiger charge is -2.31. The first-order chi connectivity index (χ1) is 12.4. The van der Waals surface area contributed by atoms with Crippen molar-refractivity contribution in [3.8, 4) is 0 Å². The van der Waals surface area contributed by atoms with Crippen LogP contribution in [0.25, 0.3) is 0 Å². The Labute approximate surface area is 158 Å². The number of amides is 1. The average Bonchev–Trinajstić information content (AvgIpc) is 3.36. The van der Waals surface area contributed by atoms with E-state index in [0.29, 0.717) is 6.04 Å². The molecular formula is C20H38N4O2. The molecule has 0 aliphatic heterocycles. The van der Waals surface area contributed by atoms with Crippen molar-refractivity contribution in [1.82, 2.24) is 16.0 Å². The summed E-state index contributed by atoms with van der Waals surface area (Å²) in [6.07, 6.45) is 9.05. The summed E-state index contributed by atoms with van der Waals surface area (Å²) in [6.45, 7) is 9.55. The van der Waals surface area contributed by atoms with E-state index in [1.807, 2.05) is 20.8 Å². The van der Waals surface area contributed by atoms with E-state index in [4.69, 9.17) is 9.73 Å². The number of guanidine groups is 1. The van der Waals surface area contributed by atoms with E-state index in [2.05, 4.69) is 22.9 Å². The van der Waals surface area contributed by atoms with E-state index in [-0.39, 0.29) is 12.1 Å². The summed E-state index contributed by atoms with van der Waals surface area (Å²) >= 11 is 0. The lowest BCUT2D eigenvalue weighted by atomic mass is 9.91. The largest absolute Gasteiger partial charge is 0.444 e. The van der Waals surface area contributed by atoms with Gasteiger partial charge in [-0.05, 0) is 72.1 Å². The number of rotatable bonds is 7. The van der Waals surface area contributed by atoms with Crippen LogP contribution in [0.1, 0.15) is 79.1 Å². The molecule has 0 saturated heterocycles. The molecule has 150 valence electrons. The van der Waals surface area contributed by atoms with Gasteiger partial charge in [0, 0.05) is 25.2 Å². The van der Waals surface area contributed by atoms with Gasteiger partial charge in [-0.1, -0.05) is 12.8 Å². The molecule has 2 fully saturated rings. The Morgan fingerprint density at radius 3 is 2.19 bits per heavy atom. The van der Waals surface area contributed by atoms with Gasteiger partial charge < -0.3 is 20.7 Å². The maximum absolute atomic E-state index is 11.9. The SMILES string of the molecule is CCNC(=NCCCC1CC1)NC1CCC(NC(=O)OC(C)(C)C)CC1. The van der Waals surface area contributed by atoms with Crippen LogP contribution < -0.4 is 16.0 Å². The van der Waals surface area contributed by atoms with E-state index in [1.165, 1.54) is 25.7 Å². The molecule has 1 amide bonds. The number of nitrogens with zero attached hydrogens (tertiary/aromatic N) is 1. The molecule has 6 heteroatoms. The summed E-state index contributed by atoms with van der Waals surface area (Å²) in [6, 6.07) is 0.633. The minimum absolute atomic E-state index is 0.209. The molecule has 2 aliphatic carbocycles. The second-order valence-corrected chi connectivity index (χ2v) is 8.69. The minimum atomic E-state index is -0.445. The molecule has 0 aromatic carbocycles. The zero-order valence-corrected chi connectivity index (χ0v) is 17.1. The Hall–Kier alpha value is -1.46. The van der Waals surface area contributed by atoms with Crippen LogP contribution in [0.5, 0.6) is 0 Å². The van der Waals surface area contributed by atoms with Crippen LogP contribution in [0.4, 0.5) is 4.79 Å². The van der Waals surface area contributed by atoms with Crippen LogP contribution in [0, 0.1) is 5.92 Å². The summed E-state index contributed by atoms with van der Waals surface area (Å²) in [4.78, 5) is 16.6.